The number of hydrogen-bond donors (Lipinski definition) is 0. The lowest BCUT2D eigenvalue weighted by atomic mass is 9.85. The molecule has 1 atom stereocenters. The molecule has 0 aromatic heterocycles. The van der Waals surface area contributed by atoms with Crippen molar-refractivity contribution in [3.63, 3.8) is 0 Å². The van der Waals surface area contributed by atoms with Gasteiger partial charge in [0.1, 0.15) is 6.10 Å². The van der Waals surface area contributed by atoms with Crippen molar-refractivity contribution in [3.8, 4) is 0 Å². The van der Waals surface area contributed by atoms with Crippen molar-refractivity contribution in [2.24, 2.45) is 5.41 Å². The van der Waals surface area contributed by atoms with E-state index in [-0.39, 0.29) is 23.5 Å². The van der Waals surface area contributed by atoms with Crippen LogP contribution >= 0.6 is 0 Å². The average molecular weight is 454 g/mol. The molecule has 32 heavy (non-hydrogen) atoms. The summed E-state index contributed by atoms with van der Waals surface area (Å²) in [7, 11) is 2.12. The van der Waals surface area contributed by atoms with E-state index in [0.717, 1.165) is 65.1 Å². The van der Waals surface area contributed by atoms with Gasteiger partial charge in [-0.25, -0.2) is 0 Å². The van der Waals surface area contributed by atoms with E-state index >= 15 is 0 Å². The van der Waals surface area contributed by atoms with Crippen LogP contribution in [-0.4, -0.2) is 98.3 Å². The lowest BCUT2D eigenvalue weighted by Gasteiger charge is -2.39. The van der Waals surface area contributed by atoms with E-state index in [1.165, 1.54) is 12.8 Å². The Morgan fingerprint density at radius 3 is 2.41 bits per heavy atom. The number of ether oxygens (including phenoxy) is 2. The molecule has 0 aliphatic carbocycles. The summed E-state index contributed by atoms with van der Waals surface area (Å²) in [5.74, 6) is -0.145. The van der Waals surface area contributed by atoms with Gasteiger partial charge in [0.2, 0.25) is 0 Å². The number of rotatable bonds is 14. The first kappa shape index (κ1) is 27.1. The molecule has 7 nitrogen and oxygen atoms in total. The second-order valence-electron chi connectivity index (χ2n) is 10.3. The second kappa shape index (κ2) is 13.5. The molecule has 0 spiro atoms. The molecule has 0 amide bonds. The molecule has 0 bridgehead atoms. The molecule has 0 aromatic rings. The zero-order valence-corrected chi connectivity index (χ0v) is 21.2. The molecule has 0 N–H and O–H groups in total. The molecule has 186 valence electrons. The highest BCUT2D eigenvalue weighted by Crippen LogP contribution is 2.28. The largest absolute Gasteiger partial charge is 0.466 e. The van der Waals surface area contributed by atoms with E-state index in [2.05, 4.69) is 42.5 Å². The Kier molecular flexibility index (Phi) is 11.4. The normalized spacial score (nSPS) is 20.8. The maximum Gasteiger partial charge on any atom is 0.307 e. The van der Waals surface area contributed by atoms with Gasteiger partial charge in [-0.05, 0) is 84.2 Å². The first-order valence-corrected chi connectivity index (χ1v) is 12.7. The predicted octanol–water partition coefficient (Wildman–Crippen LogP) is 3.17. The third-order valence-corrected chi connectivity index (χ3v) is 7.16. The topological polar surface area (TPSA) is 62.3 Å². The Hall–Kier alpha value is -1.18. The van der Waals surface area contributed by atoms with Gasteiger partial charge in [0.05, 0.1) is 13.0 Å². The SMILES string of the molecule is CCOC(=O)CCN(CCC(C)(C)CCN(C)CC1CCC(=O)O1)C1CCN(CC)CC1. The van der Waals surface area contributed by atoms with Gasteiger partial charge in [-0.2, -0.15) is 0 Å². The zero-order chi connectivity index (χ0) is 23.6. The van der Waals surface area contributed by atoms with Crippen LogP contribution in [0.15, 0.2) is 0 Å². The Labute approximate surface area is 195 Å². The summed E-state index contributed by atoms with van der Waals surface area (Å²) in [6, 6.07) is 0.558. The highest BCUT2D eigenvalue weighted by molar-refractivity contribution is 5.71. The van der Waals surface area contributed by atoms with E-state index in [1.54, 1.807) is 0 Å². The summed E-state index contributed by atoms with van der Waals surface area (Å²) in [6.45, 7) is 16.3. The maximum absolute atomic E-state index is 12.0. The molecule has 2 heterocycles. The molecular formula is C25H47N3O4. The van der Waals surface area contributed by atoms with Crippen LogP contribution in [0.25, 0.3) is 0 Å². The highest BCUT2D eigenvalue weighted by atomic mass is 16.5. The van der Waals surface area contributed by atoms with Crippen LogP contribution in [0.4, 0.5) is 0 Å². The molecule has 0 saturated carbocycles. The number of hydrogen-bond acceptors (Lipinski definition) is 7. The van der Waals surface area contributed by atoms with Gasteiger partial charge in [-0.1, -0.05) is 20.8 Å². The lowest BCUT2D eigenvalue weighted by Crippen LogP contribution is -2.46. The molecule has 2 saturated heterocycles. The Morgan fingerprint density at radius 2 is 1.81 bits per heavy atom. The van der Waals surface area contributed by atoms with E-state index in [9.17, 15) is 9.59 Å². The van der Waals surface area contributed by atoms with Gasteiger partial charge in [0.25, 0.3) is 0 Å². The number of piperidine rings is 1. The standard InChI is InChI=1S/C25H47N3O4/c1-6-27-15-10-21(11-16-27)28(17-12-23(29)31-7-2)19-14-25(3,4)13-18-26(5)20-22-8-9-24(30)32-22/h21-22H,6-20H2,1-5H3. The first-order valence-electron chi connectivity index (χ1n) is 12.7. The Morgan fingerprint density at radius 1 is 1.12 bits per heavy atom. The van der Waals surface area contributed by atoms with Crippen LogP contribution in [0.2, 0.25) is 0 Å². The fourth-order valence-corrected chi connectivity index (χ4v) is 4.76. The molecule has 0 radical (unpaired) electrons. The summed E-state index contributed by atoms with van der Waals surface area (Å²) in [5.41, 5.74) is 0.215. The highest BCUT2D eigenvalue weighted by Gasteiger charge is 2.28. The quantitative estimate of drug-likeness (QED) is 0.374. The van der Waals surface area contributed by atoms with Gasteiger partial charge < -0.3 is 19.3 Å². The van der Waals surface area contributed by atoms with Crippen LogP contribution in [0, 0.1) is 5.41 Å². The number of esters is 2. The monoisotopic (exact) mass is 453 g/mol. The van der Waals surface area contributed by atoms with Crippen LogP contribution in [0.3, 0.4) is 0 Å². The molecule has 2 fully saturated rings. The number of likely N-dealkylation sites (tertiary alicyclic amines) is 1. The smallest absolute Gasteiger partial charge is 0.307 e. The summed E-state index contributed by atoms with van der Waals surface area (Å²) < 4.78 is 10.5. The van der Waals surface area contributed by atoms with Crippen molar-refractivity contribution in [3.05, 3.63) is 0 Å². The minimum Gasteiger partial charge on any atom is -0.466 e. The minimum absolute atomic E-state index is 0.0583. The van der Waals surface area contributed by atoms with E-state index in [4.69, 9.17) is 9.47 Å². The second-order valence-corrected chi connectivity index (χ2v) is 10.3. The number of carbonyl (C=O) groups is 2. The van der Waals surface area contributed by atoms with Crippen LogP contribution in [0.1, 0.15) is 72.6 Å². The Balaban J connectivity index is 1.81. The number of carbonyl (C=O) groups excluding carboxylic acids is 2. The lowest BCUT2D eigenvalue weighted by molar-refractivity contribution is -0.144. The minimum atomic E-state index is -0.0861. The van der Waals surface area contributed by atoms with Crippen LogP contribution < -0.4 is 0 Å². The van der Waals surface area contributed by atoms with Crippen molar-refractivity contribution in [1.29, 1.82) is 0 Å². The van der Waals surface area contributed by atoms with Crippen molar-refractivity contribution in [2.75, 3.05) is 59.5 Å². The van der Waals surface area contributed by atoms with E-state index in [1.807, 2.05) is 6.92 Å². The van der Waals surface area contributed by atoms with Gasteiger partial charge in [0, 0.05) is 25.6 Å². The van der Waals surface area contributed by atoms with Crippen molar-refractivity contribution in [1.82, 2.24) is 14.7 Å². The maximum atomic E-state index is 12.0. The van der Waals surface area contributed by atoms with E-state index in [0.29, 0.717) is 25.5 Å². The number of nitrogens with zero attached hydrogens (tertiary/aromatic N) is 3. The van der Waals surface area contributed by atoms with E-state index < -0.39 is 0 Å². The Bertz CT molecular complexity index is 576. The van der Waals surface area contributed by atoms with Gasteiger partial charge in [0.15, 0.2) is 0 Å². The van der Waals surface area contributed by atoms with Gasteiger partial charge >= 0.3 is 11.9 Å². The zero-order valence-electron chi connectivity index (χ0n) is 21.2. The summed E-state index contributed by atoms with van der Waals surface area (Å²) in [4.78, 5) is 30.7. The molecule has 2 rings (SSSR count). The number of cyclic esters (lactones) is 1. The fraction of sp³-hybridized carbons (Fsp3) is 0.920. The summed E-state index contributed by atoms with van der Waals surface area (Å²) in [5, 5.41) is 0. The van der Waals surface area contributed by atoms with Crippen LogP contribution in [0.5, 0.6) is 0 Å². The molecule has 2 aliphatic rings. The van der Waals surface area contributed by atoms with Crippen LogP contribution in [-0.2, 0) is 19.1 Å². The third kappa shape index (κ3) is 9.75. The molecule has 1 unspecified atom stereocenters. The van der Waals surface area contributed by atoms with Crippen molar-refractivity contribution < 1.29 is 19.1 Å². The molecule has 2 aliphatic heterocycles. The average Bonchev–Trinajstić information content (AvgIpc) is 3.17. The van der Waals surface area contributed by atoms with Gasteiger partial charge in [-0.15, -0.1) is 0 Å². The van der Waals surface area contributed by atoms with Crippen molar-refractivity contribution in [2.45, 2.75) is 84.8 Å². The summed E-state index contributed by atoms with van der Waals surface area (Å²) in [6.07, 6.45) is 6.51. The summed E-state index contributed by atoms with van der Waals surface area (Å²) >= 11 is 0. The number of likely N-dealkylation sites (N-methyl/N-ethyl adjacent to an activating group) is 1. The molecule has 7 heteroatoms. The predicted molar refractivity (Wildman–Crippen MR) is 128 cm³/mol. The molecular weight excluding hydrogens is 406 g/mol. The third-order valence-electron chi connectivity index (χ3n) is 7.16. The first-order chi connectivity index (χ1) is 15.2. The fourth-order valence-electron chi connectivity index (χ4n) is 4.76. The van der Waals surface area contributed by atoms with Crippen molar-refractivity contribution >= 4 is 11.9 Å². The van der Waals surface area contributed by atoms with Gasteiger partial charge in [-0.3, -0.25) is 14.5 Å². The molecule has 0 aromatic carbocycles.